The molecule has 0 spiro atoms. The summed E-state index contributed by atoms with van der Waals surface area (Å²) < 4.78 is 11.4. The molecule has 2 aromatic rings. The van der Waals surface area contributed by atoms with Crippen molar-refractivity contribution in [3.8, 4) is 17.2 Å². The van der Waals surface area contributed by atoms with Gasteiger partial charge in [-0.25, -0.2) is 0 Å². The first-order chi connectivity index (χ1) is 10.0. The van der Waals surface area contributed by atoms with Crippen LogP contribution in [0, 0.1) is 0 Å². The molecule has 5 heteroatoms. The van der Waals surface area contributed by atoms with Crippen LogP contribution in [0.15, 0.2) is 40.9 Å². The number of ether oxygens (including phenoxy) is 2. The minimum Gasteiger partial charge on any atom is -0.508 e. The first-order valence-corrected chi connectivity index (χ1v) is 7.31. The summed E-state index contributed by atoms with van der Waals surface area (Å²) in [5, 5.41) is 13.3. The zero-order valence-corrected chi connectivity index (χ0v) is 13.8. The molecule has 0 amide bonds. The highest BCUT2D eigenvalue weighted by Crippen LogP contribution is 2.32. The van der Waals surface area contributed by atoms with Gasteiger partial charge in [-0.15, -0.1) is 0 Å². The second-order valence-corrected chi connectivity index (χ2v) is 5.59. The van der Waals surface area contributed by atoms with Crippen LogP contribution in [-0.4, -0.2) is 19.3 Å². The van der Waals surface area contributed by atoms with Crippen LogP contribution in [0.2, 0.25) is 0 Å². The lowest BCUT2D eigenvalue weighted by atomic mass is 10.1. The molecule has 0 bridgehead atoms. The van der Waals surface area contributed by atoms with Crippen molar-refractivity contribution in [1.82, 2.24) is 0 Å². The normalized spacial score (nSPS) is 11.8. The summed E-state index contributed by atoms with van der Waals surface area (Å²) in [5.74, 6) is 1.70. The van der Waals surface area contributed by atoms with Crippen LogP contribution in [0.1, 0.15) is 18.5 Å². The number of phenolic OH excluding ortho intramolecular Hbond substituents is 1. The van der Waals surface area contributed by atoms with Crippen molar-refractivity contribution >= 4 is 21.6 Å². The van der Waals surface area contributed by atoms with E-state index in [2.05, 4.69) is 21.2 Å². The van der Waals surface area contributed by atoms with Crippen molar-refractivity contribution in [2.75, 3.05) is 19.5 Å². The lowest BCUT2D eigenvalue weighted by Gasteiger charge is -2.18. The summed E-state index contributed by atoms with van der Waals surface area (Å²) in [6.07, 6.45) is 0. The molecule has 0 aliphatic heterocycles. The Labute approximate surface area is 132 Å². The monoisotopic (exact) mass is 351 g/mol. The fraction of sp³-hybridized carbons (Fsp3) is 0.250. The third-order valence-electron chi connectivity index (χ3n) is 3.19. The molecule has 21 heavy (non-hydrogen) atoms. The van der Waals surface area contributed by atoms with Gasteiger partial charge in [-0.2, -0.15) is 0 Å². The van der Waals surface area contributed by atoms with Crippen molar-refractivity contribution in [3.63, 3.8) is 0 Å². The van der Waals surface area contributed by atoms with E-state index in [4.69, 9.17) is 9.47 Å². The first kappa shape index (κ1) is 15.5. The number of methoxy groups -OCH3 is 2. The molecule has 4 nitrogen and oxygen atoms in total. The average Bonchev–Trinajstić information content (AvgIpc) is 2.46. The zero-order chi connectivity index (χ0) is 15.4. The number of nitrogens with one attached hydrogen (secondary N) is 1. The van der Waals surface area contributed by atoms with E-state index in [1.807, 2.05) is 31.2 Å². The minimum atomic E-state index is -0.0842. The highest BCUT2D eigenvalue weighted by atomic mass is 79.9. The topological polar surface area (TPSA) is 50.7 Å². The van der Waals surface area contributed by atoms with Crippen LogP contribution in [0.25, 0.3) is 0 Å². The van der Waals surface area contributed by atoms with E-state index in [0.717, 1.165) is 21.5 Å². The van der Waals surface area contributed by atoms with Gasteiger partial charge in [0, 0.05) is 21.8 Å². The largest absolute Gasteiger partial charge is 0.508 e. The number of halogens is 1. The molecule has 2 aromatic carbocycles. The summed E-state index contributed by atoms with van der Waals surface area (Å²) in [5.41, 5.74) is 1.67. The highest BCUT2D eigenvalue weighted by molar-refractivity contribution is 9.10. The predicted molar refractivity (Wildman–Crippen MR) is 87.4 cm³/mol. The van der Waals surface area contributed by atoms with Gasteiger partial charge in [-0.1, -0.05) is 15.9 Å². The summed E-state index contributed by atoms with van der Waals surface area (Å²) in [4.78, 5) is 0. The van der Waals surface area contributed by atoms with Crippen LogP contribution in [-0.2, 0) is 0 Å². The SMILES string of the molecule is COc1cc(Br)cc(NC(C)c2cc(OC)ccc2O)c1. The molecule has 2 rings (SSSR count). The Morgan fingerprint density at radius 3 is 2.43 bits per heavy atom. The molecular weight excluding hydrogens is 334 g/mol. The number of rotatable bonds is 5. The molecule has 2 N–H and O–H groups in total. The van der Waals surface area contributed by atoms with Crippen molar-refractivity contribution < 1.29 is 14.6 Å². The Kier molecular flexibility index (Phi) is 4.96. The molecule has 1 unspecified atom stereocenters. The van der Waals surface area contributed by atoms with E-state index in [-0.39, 0.29) is 11.8 Å². The van der Waals surface area contributed by atoms with Gasteiger partial charge in [0.2, 0.25) is 0 Å². The van der Waals surface area contributed by atoms with Crippen LogP contribution in [0.5, 0.6) is 17.2 Å². The van der Waals surface area contributed by atoms with Crippen LogP contribution >= 0.6 is 15.9 Å². The standard InChI is InChI=1S/C16H18BrNO3/c1-10(15-9-13(20-2)4-5-16(15)19)18-12-6-11(17)7-14(8-12)21-3/h4-10,18-19H,1-3H3. The van der Waals surface area contributed by atoms with Gasteiger partial charge >= 0.3 is 0 Å². The first-order valence-electron chi connectivity index (χ1n) is 6.51. The highest BCUT2D eigenvalue weighted by Gasteiger charge is 2.12. The van der Waals surface area contributed by atoms with Crippen LogP contribution in [0.3, 0.4) is 0 Å². The quantitative estimate of drug-likeness (QED) is 0.840. The van der Waals surface area contributed by atoms with E-state index in [1.54, 1.807) is 26.4 Å². The second-order valence-electron chi connectivity index (χ2n) is 4.67. The number of phenols is 1. The fourth-order valence-corrected chi connectivity index (χ4v) is 2.57. The molecule has 0 aliphatic rings. The smallest absolute Gasteiger partial charge is 0.122 e. The maximum absolute atomic E-state index is 10.0. The molecule has 1 atom stereocenters. The Balaban J connectivity index is 2.25. The third-order valence-corrected chi connectivity index (χ3v) is 3.65. The zero-order valence-electron chi connectivity index (χ0n) is 12.2. The van der Waals surface area contributed by atoms with E-state index < -0.39 is 0 Å². The van der Waals surface area contributed by atoms with Gasteiger partial charge in [0.15, 0.2) is 0 Å². The molecule has 0 saturated heterocycles. The molecule has 0 fully saturated rings. The molecule has 0 radical (unpaired) electrons. The summed E-state index contributed by atoms with van der Waals surface area (Å²) in [6.45, 7) is 1.97. The van der Waals surface area contributed by atoms with E-state index in [9.17, 15) is 5.11 Å². The van der Waals surface area contributed by atoms with Crippen molar-refractivity contribution in [3.05, 3.63) is 46.4 Å². The Morgan fingerprint density at radius 1 is 1.05 bits per heavy atom. The third kappa shape index (κ3) is 3.82. The maximum atomic E-state index is 10.0. The van der Waals surface area contributed by atoms with Gasteiger partial charge in [-0.3, -0.25) is 0 Å². The van der Waals surface area contributed by atoms with E-state index >= 15 is 0 Å². The molecule has 0 aliphatic carbocycles. The summed E-state index contributed by atoms with van der Waals surface area (Å²) >= 11 is 3.45. The summed E-state index contributed by atoms with van der Waals surface area (Å²) in [6, 6.07) is 10.8. The van der Waals surface area contributed by atoms with Crippen molar-refractivity contribution in [2.24, 2.45) is 0 Å². The predicted octanol–water partition coefficient (Wildman–Crippen LogP) is 4.35. The lowest BCUT2D eigenvalue weighted by molar-refractivity contribution is 0.410. The Morgan fingerprint density at radius 2 is 1.76 bits per heavy atom. The molecular formula is C16H18BrNO3. The van der Waals surface area contributed by atoms with Crippen molar-refractivity contribution in [2.45, 2.75) is 13.0 Å². The molecule has 112 valence electrons. The van der Waals surface area contributed by atoms with Crippen molar-refractivity contribution in [1.29, 1.82) is 0 Å². The number of aromatic hydroxyl groups is 1. The maximum Gasteiger partial charge on any atom is 0.122 e. The number of benzene rings is 2. The van der Waals surface area contributed by atoms with E-state index in [1.165, 1.54) is 0 Å². The molecule has 0 aromatic heterocycles. The Hall–Kier alpha value is -1.88. The fourth-order valence-electron chi connectivity index (χ4n) is 2.10. The van der Waals surface area contributed by atoms with Gasteiger partial charge < -0.3 is 19.9 Å². The van der Waals surface area contributed by atoms with Gasteiger partial charge in [-0.05, 0) is 37.3 Å². The average molecular weight is 352 g/mol. The Bertz CT molecular complexity index is 631. The molecule has 0 heterocycles. The molecule has 0 saturated carbocycles. The van der Waals surface area contributed by atoms with E-state index in [0.29, 0.717) is 5.75 Å². The van der Waals surface area contributed by atoms with Gasteiger partial charge in [0.05, 0.1) is 20.3 Å². The van der Waals surface area contributed by atoms with Crippen LogP contribution in [0.4, 0.5) is 5.69 Å². The van der Waals surface area contributed by atoms with Gasteiger partial charge in [0.1, 0.15) is 17.2 Å². The van der Waals surface area contributed by atoms with Gasteiger partial charge in [0.25, 0.3) is 0 Å². The minimum absolute atomic E-state index is 0.0842. The number of anilines is 1. The summed E-state index contributed by atoms with van der Waals surface area (Å²) in [7, 11) is 3.23. The number of hydrogen-bond donors (Lipinski definition) is 2. The lowest BCUT2D eigenvalue weighted by Crippen LogP contribution is -2.07. The second kappa shape index (κ2) is 6.72. The number of hydrogen-bond acceptors (Lipinski definition) is 4. The van der Waals surface area contributed by atoms with Crippen LogP contribution < -0.4 is 14.8 Å².